The number of carbonyl (C=O) groups excluding carboxylic acids is 1. The number of nitro groups is 1. The molecule has 1 aromatic heterocycles. The maximum Gasteiger partial charge on any atom is 0.373 e. The highest BCUT2D eigenvalue weighted by Crippen LogP contribution is 2.35. The van der Waals surface area contributed by atoms with Crippen LogP contribution in [0.25, 0.3) is 0 Å². The minimum Gasteiger partial charge on any atom is -0.434 e. The monoisotopic (exact) mass is 392 g/mol. The van der Waals surface area contributed by atoms with Gasteiger partial charge in [-0.3, -0.25) is 14.9 Å². The van der Waals surface area contributed by atoms with Gasteiger partial charge in [-0.15, -0.1) is 0 Å². The topological polar surface area (TPSA) is 107 Å². The summed E-state index contributed by atoms with van der Waals surface area (Å²) in [5, 5.41) is 14.6. The van der Waals surface area contributed by atoms with Crippen molar-refractivity contribution >= 4 is 23.0 Å². The van der Waals surface area contributed by atoms with E-state index in [0.29, 0.717) is 22.9 Å². The summed E-state index contributed by atoms with van der Waals surface area (Å²) in [6.45, 7) is 5.59. The van der Waals surface area contributed by atoms with Gasteiger partial charge in [0.2, 0.25) is 5.82 Å². The molecule has 8 nitrogen and oxygen atoms in total. The zero-order valence-electron chi connectivity index (χ0n) is 16.2. The molecule has 2 aromatic carbocycles. The molecule has 0 atom stereocenters. The number of carbonyl (C=O) groups is 1. The molecule has 0 unspecified atom stereocenters. The number of nitrogens with one attached hydrogen (secondary N) is 1. The molecule has 1 N–H and O–H groups in total. The maximum atomic E-state index is 11.7. The second-order valence-corrected chi connectivity index (χ2v) is 6.72. The van der Waals surface area contributed by atoms with Crippen LogP contribution < -0.4 is 10.1 Å². The van der Waals surface area contributed by atoms with Crippen LogP contribution in [0.5, 0.6) is 11.6 Å². The zero-order chi connectivity index (χ0) is 21.0. The Morgan fingerprint density at radius 1 is 1.14 bits per heavy atom. The molecular weight excluding hydrogens is 372 g/mol. The highest BCUT2D eigenvalue weighted by molar-refractivity contribution is 5.95. The fourth-order valence-electron chi connectivity index (χ4n) is 2.68. The van der Waals surface area contributed by atoms with Gasteiger partial charge in [0.15, 0.2) is 5.78 Å². The number of anilines is 2. The van der Waals surface area contributed by atoms with Gasteiger partial charge in [0.1, 0.15) is 12.1 Å². The van der Waals surface area contributed by atoms with Gasteiger partial charge >= 0.3 is 11.6 Å². The van der Waals surface area contributed by atoms with Crippen molar-refractivity contribution in [2.45, 2.75) is 26.7 Å². The number of rotatable bonds is 7. The number of benzene rings is 2. The summed E-state index contributed by atoms with van der Waals surface area (Å²) < 4.78 is 5.66. The second kappa shape index (κ2) is 8.47. The minimum atomic E-state index is -0.602. The molecule has 29 heavy (non-hydrogen) atoms. The van der Waals surface area contributed by atoms with E-state index in [4.69, 9.17) is 4.74 Å². The van der Waals surface area contributed by atoms with Crippen LogP contribution in [0.15, 0.2) is 54.9 Å². The summed E-state index contributed by atoms with van der Waals surface area (Å²) in [5.41, 5.74) is 1.70. The summed E-state index contributed by atoms with van der Waals surface area (Å²) in [7, 11) is 0. The Kier molecular flexibility index (Phi) is 5.82. The van der Waals surface area contributed by atoms with Crippen molar-refractivity contribution in [2.24, 2.45) is 0 Å². The Morgan fingerprint density at radius 3 is 2.48 bits per heavy atom. The number of nitrogens with zero attached hydrogens (tertiary/aromatic N) is 3. The summed E-state index contributed by atoms with van der Waals surface area (Å²) in [5.74, 6) is 0.478. The van der Waals surface area contributed by atoms with Crippen LogP contribution >= 0.6 is 0 Å². The predicted octanol–water partition coefficient (Wildman–Crippen LogP) is 5.25. The van der Waals surface area contributed by atoms with E-state index in [2.05, 4.69) is 29.1 Å². The van der Waals surface area contributed by atoms with E-state index in [-0.39, 0.29) is 17.5 Å². The largest absolute Gasteiger partial charge is 0.434 e. The quantitative estimate of drug-likeness (QED) is 0.332. The molecule has 148 valence electrons. The first-order chi connectivity index (χ1) is 13.8. The van der Waals surface area contributed by atoms with Crippen molar-refractivity contribution < 1.29 is 14.5 Å². The first-order valence-corrected chi connectivity index (χ1v) is 9.00. The van der Waals surface area contributed by atoms with Crippen molar-refractivity contribution in [3.63, 3.8) is 0 Å². The Bertz CT molecular complexity index is 1050. The van der Waals surface area contributed by atoms with Crippen LogP contribution in [0, 0.1) is 10.1 Å². The van der Waals surface area contributed by atoms with Crippen LogP contribution in [-0.4, -0.2) is 20.7 Å². The molecule has 0 aliphatic carbocycles. The van der Waals surface area contributed by atoms with Gasteiger partial charge in [0, 0.05) is 11.3 Å². The Morgan fingerprint density at radius 2 is 1.86 bits per heavy atom. The highest BCUT2D eigenvalue weighted by atomic mass is 16.6. The Balaban J connectivity index is 1.92. The van der Waals surface area contributed by atoms with E-state index in [0.717, 1.165) is 5.56 Å². The van der Waals surface area contributed by atoms with Gasteiger partial charge < -0.3 is 10.1 Å². The molecule has 3 rings (SSSR count). The molecule has 0 saturated heterocycles. The molecule has 0 fully saturated rings. The highest BCUT2D eigenvalue weighted by Gasteiger charge is 2.25. The summed E-state index contributed by atoms with van der Waals surface area (Å²) in [6.07, 6.45) is 1.18. The van der Waals surface area contributed by atoms with Gasteiger partial charge in [-0.2, -0.15) is 4.98 Å². The number of ketones is 1. The lowest BCUT2D eigenvalue weighted by atomic mass is 10.0. The predicted molar refractivity (Wildman–Crippen MR) is 109 cm³/mol. The second-order valence-electron chi connectivity index (χ2n) is 6.72. The third-order valence-electron chi connectivity index (χ3n) is 4.26. The normalized spacial score (nSPS) is 10.6. The van der Waals surface area contributed by atoms with E-state index in [9.17, 15) is 14.9 Å². The number of hydrogen-bond donors (Lipinski definition) is 1. The zero-order valence-corrected chi connectivity index (χ0v) is 16.2. The van der Waals surface area contributed by atoms with Crippen molar-refractivity contribution in [1.82, 2.24) is 9.97 Å². The number of aromatic nitrogens is 2. The molecule has 0 bridgehead atoms. The molecule has 0 aliphatic heterocycles. The van der Waals surface area contributed by atoms with Gasteiger partial charge in [-0.05, 0) is 42.7 Å². The average Bonchev–Trinajstić information content (AvgIpc) is 2.68. The van der Waals surface area contributed by atoms with Crippen LogP contribution in [0.2, 0.25) is 0 Å². The fraction of sp³-hybridized carbons (Fsp3) is 0.190. The first-order valence-electron chi connectivity index (χ1n) is 9.00. The number of Topliss-reactive ketones (excluding diaryl/α,β-unsaturated/α-hetero) is 1. The van der Waals surface area contributed by atoms with Gasteiger partial charge in [-0.25, -0.2) is 4.98 Å². The number of hydrogen-bond acceptors (Lipinski definition) is 7. The van der Waals surface area contributed by atoms with Crippen molar-refractivity contribution in [2.75, 3.05) is 5.32 Å². The summed E-state index contributed by atoms with van der Waals surface area (Å²) >= 11 is 0. The molecule has 0 aliphatic rings. The Hall–Kier alpha value is -3.81. The molecular formula is C21H20N4O4. The molecule has 0 spiro atoms. The van der Waals surface area contributed by atoms with E-state index in [1.165, 1.54) is 13.3 Å². The average molecular weight is 392 g/mol. The lowest BCUT2D eigenvalue weighted by molar-refractivity contribution is -0.385. The van der Waals surface area contributed by atoms with Crippen molar-refractivity contribution in [3.05, 3.63) is 76.1 Å². The molecule has 8 heteroatoms. The molecule has 0 radical (unpaired) electrons. The van der Waals surface area contributed by atoms with E-state index in [1.54, 1.807) is 36.4 Å². The van der Waals surface area contributed by atoms with E-state index >= 15 is 0 Å². The molecule has 0 saturated carbocycles. The third-order valence-corrected chi connectivity index (χ3v) is 4.26. The minimum absolute atomic E-state index is 0.0282. The van der Waals surface area contributed by atoms with Gasteiger partial charge in [-0.1, -0.05) is 38.1 Å². The van der Waals surface area contributed by atoms with Crippen molar-refractivity contribution in [3.8, 4) is 11.6 Å². The fourth-order valence-corrected chi connectivity index (χ4v) is 2.68. The molecule has 3 aromatic rings. The van der Waals surface area contributed by atoms with E-state index < -0.39 is 10.6 Å². The lowest BCUT2D eigenvalue weighted by Crippen LogP contribution is -2.04. The number of ether oxygens (including phenoxy) is 1. The van der Waals surface area contributed by atoms with Gasteiger partial charge in [0.05, 0.1) is 4.92 Å². The van der Waals surface area contributed by atoms with Crippen LogP contribution in [-0.2, 0) is 0 Å². The summed E-state index contributed by atoms with van der Waals surface area (Å²) in [4.78, 5) is 30.6. The smallest absolute Gasteiger partial charge is 0.373 e. The van der Waals surface area contributed by atoms with E-state index in [1.807, 2.05) is 12.1 Å². The maximum absolute atomic E-state index is 11.7. The van der Waals surface area contributed by atoms with Crippen LogP contribution in [0.3, 0.4) is 0 Å². The van der Waals surface area contributed by atoms with Crippen molar-refractivity contribution in [1.29, 1.82) is 0 Å². The Labute approximate surface area is 167 Å². The first kappa shape index (κ1) is 19.9. The van der Waals surface area contributed by atoms with Crippen LogP contribution in [0.1, 0.15) is 42.6 Å². The standard InChI is InChI=1S/C21H20N4O4/c1-13(2)15-7-9-18(10-8-15)29-21-19(25(27)28)20(22-12-23-21)24-17-6-4-5-16(11-17)14(3)26/h4-13H,1-3H3,(H,22,23,24). The third kappa shape index (κ3) is 4.73. The van der Waals surface area contributed by atoms with Gasteiger partial charge in [0.25, 0.3) is 0 Å². The SMILES string of the molecule is CC(=O)c1cccc(Nc2ncnc(Oc3ccc(C(C)C)cc3)c2[N+](=O)[O-])c1. The molecule has 1 heterocycles. The molecule has 0 amide bonds. The van der Waals surface area contributed by atoms with Crippen LogP contribution in [0.4, 0.5) is 17.2 Å². The lowest BCUT2D eigenvalue weighted by Gasteiger charge is -2.11. The summed E-state index contributed by atoms with van der Waals surface area (Å²) in [6, 6.07) is 13.9.